The van der Waals surface area contributed by atoms with Crippen LogP contribution in [0.5, 0.6) is 5.75 Å². The minimum Gasteiger partial charge on any atom is -0.491 e. The Bertz CT molecular complexity index is 799. The SMILES string of the molecule is Cc1ccc(C(c2ccc(C)cc2)c2ccc(OCC3CO3)cc2)cc1. The number of aryl methyl sites for hydroxylation is 2. The van der Waals surface area contributed by atoms with Crippen molar-refractivity contribution in [1.82, 2.24) is 0 Å². The fourth-order valence-corrected chi connectivity index (χ4v) is 3.21. The van der Waals surface area contributed by atoms with Crippen molar-refractivity contribution in [3.63, 3.8) is 0 Å². The quantitative estimate of drug-likeness (QED) is 0.449. The zero-order valence-corrected chi connectivity index (χ0v) is 15.3. The topological polar surface area (TPSA) is 21.8 Å². The lowest BCUT2D eigenvalue weighted by Gasteiger charge is -2.20. The van der Waals surface area contributed by atoms with Gasteiger partial charge < -0.3 is 9.47 Å². The van der Waals surface area contributed by atoms with E-state index in [9.17, 15) is 0 Å². The van der Waals surface area contributed by atoms with E-state index in [1.54, 1.807) is 0 Å². The van der Waals surface area contributed by atoms with Gasteiger partial charge in [0.05, 0.1) is 6.61 Å². The second kappa shape index (κ2) is 7.35. The van der Waals surface area contributed by atoms with Crippen LogP contribution in [0.15, 0.2) is 72.8 Å². The molecule has 0 saturated carbocycles. The van der Waals surface area contributed by atoms with Crippen LogP contribution in [0.25, 0.3) is 0 Å². The molecule has 1 aliphatic rings. The van der Waals surface area contributed by atoms with E-state index in [0.29, 0.717) is 6.61 Å². The molecule has 0 radical (unpaired) electrons. The van der Waals surface area contributed by atoms with Gasteiger partial charge in [-0.25, -0.2) is 0 Å². The number of hydrogen-bond acceptors (Lipinski definition) is 2. The van der Waals surface area contributed by atoms with Gasteiger partial charge in [-0.2, -0.15) is 0 Å². The number of hydrogen-bond donors (Lipinski definition) is 0. The van der Waals surface area contributed by atoms with Gasteiger partial charge in [-0.05, 0) is 42.7 Å². The van der Waals surface area contributed by atoms with Crippen LogP contribution in [-0.2, 0) is 4.74 Å². The maximum atomic E-state index is 5.78. The third kappa shape index (κ3) is 3.97. The van der Waals surface area contributed by atoms with Gasteiger partial charge in [-0.3, -0.25) is 0 Å². The molecule has 1 heterocycles. The molecule has 2 nitrogen and oxygen atoms in total. The van der Waals surface area contributed by atoms with Gasteiger partial charge >= 0.3 is 0 Å². The zero-order chi connectivity index (χ0) is 17.9. The van der Waals surface area contributed by atoms with Gasteiger partial charge in [0.25, 0.3) is 0 Å². The molecule has 2 heteroatoms. The predicted molar refractivity (Wildman–Crippen MR) is 105 cm³/mol. The van der Waals surface area contributed by atoms with Gasteiger partial charge in [0.1, 0.15) is 18.5 Å². The highest BCUT2D eigenvalue weighted by Gasteiger charge is 2.23. The minimum atomic E-state index is 0.219. The van der Waals surface area contributed by atoms with Crippen LogP contribution in [0, 0.1) is 13.8 Å². The van der Waals surface area contributed by atoms with Crippen LogP contribution >= 0.6 is 0 Å². The van der Waals surface area contributed by atoms with Crippen LogP contribution in [0.2, 0.25) is 0 Å². The summed E-state index contributed by atoms with van der Waals surface area (Å²) in [6.45, 7) is 5.71. The maximum absolute atomic E-state index is 5.78. The Kier molecular flexibility index (Phi) is 4.77. The van der Waals surface area contributed by atoms with Crippen molar-refractivity contribution in [3.05, 3.63) is 101 Å². The zero-order valence-electron chi connectivity index (χ0n) is 15.3. The van der Waals surface area contributed by atoms with E-state index in [1.807, 2.05) is 0 Å². The molecule has 26 heavy (non-hydrogen) atoms. The Balaban J connectivity index is 1.65. The van der Waals surface area contributed by atoms with E-state index in [1.165, 1.54) is 27.8 Å². The van der Waals surface area contributed by atoms with Gasteiger partial charge in [0.15, 0.2) is 0 Å². The van der Waals surface area contributed by atoms with Crippen LogP contribution in [-0.4, -0.2) is 19.3 Å². The third-order valence-electron chi connectivity index (χ3n) is 4.87. The number of epoxide rings is 1. The Morgan fingerprint density at radius 3 is 1.62 bits per heavy atom. The van der Waals surface area contributed by atoms with Crippen molar-refractivity contribution in [1.29, 1.82) is 0 Å². The maximum Gasteiger partial charge on any atom is 0.119 e. The van der Waals surface area contributed by atoms with Crippen molar-refractivity contribution >= 4 is 0 Å². The standard InChI is InChI=1S/C24H24O2/c1-17-3-7-19(8-4-17)24(20-9-5-18(2)6-10-20)21-11-13-22(14-12-21)25-15-23-16-26-23/h3-14,23-24H,15-16H2,1-2H3. The molecule has 1 aliphatic heterocycles. The summed E-state index contributed by atoms with van der Waals surface area (Å²) >= 11 is 0. The summed E-state index contributed by atoms with van der Waals surface area (Å²) in [5.41, 5.74) is 6.44. The molecule has 3 aromatic carbocycles. The van der Waals surface area contributed by atoms with E-state index >= 15 is 0 Å². The fourth-order valence-electron chi connectivity index (χ4n) is 3.21. The molecule has 3 aromatic rings. The number of rotatable bonds is 6. The molecule has 0 aromatic heterocycles. The lowest BCUT2D eigenvalue weighted by molar-refractivity contribution is 0.263. The largest absolute Gasteiger partial charge is 0.491 e. The van der Waals surface area contributed by atoms with E-state index in [0.717, 1.165) is 12.4 Å². The van der Waals surface area contributed by atoms with Crippen LogP contribution in [0.4, 0.5) is 0 Å². The Morgan fingerprint density at radius 1 is 0.769 bits per heavy atom. The van der Waals surface area contributed by atoms with Gasteiger partial charge in [-0.15, -0.1) is 0 Å². The first kappa shape index (κ1) is 16.9. The Hall–Kier alpha value is -2.58. The number of ether oxygens (including phenoxy) is 2. The lowest BCUT2D eigenvalue weighted by Crippen LogP contribution is -2.05. The van der Waals surface area contributed by atoms with E-state index in [2.05, 4.69) is 86.6 Å². The molecule has 0 spiro atoms. The lowest BCUT2D eigenvalue weighted by atomic mass is 9.84. The summed E-state index contributed by atoms with van der Waals surface area (Å²) in [7, 11) is 0. The first-order valence-corrected chi connectivity index (χ1v) is 9.16. The second-order valence-corrected chi connectivity index (χ2v) is 7.09. The molecule has 0 bridgehead atoms. The van der Waals surface area contributed by atoms with Crippen molar-refractivity contribution in [2.75, 3.05) is 13.2 Å². The molecular weight excluding hydrogens is 320 g/mol. The summed E-state index contributed by atoms with van der Waals surface area (Å²) in [5.74, 6) is 1.12. The first-order chi connectivity index (χ1) is 12.7. The van der Waals surface area contributed by atoms with Gasteiger partial charge in [-0.1, -0.05) is 71.8 Å². The van der Waals surface area contributed by atoms with E-state index in [-0.39, 0.29) is 12.0 Å². The molecular formula is C24H24O2. The summed E-state index contributed by atoms with van der Waals surface area (Å²) in [5, 5.41) is 0. The molecule has 1 atom stereocenters. The van der Waals surface area contributed by atoms with Crippen molar-refractivity contribution in [2.45, 2.75) is 25.9 Å². The minimum absolute atomic E-state index is 0.219. The van der Waals surface area contributed by atoms with Crippen LogP contribution in [0.3, 0.4) is 0 Å². The average Bonchev–Trinajstić information content (AvgIpc) is 3.49. The molecule has 1 fully saturated rings. The van der Waals surface area contributed by atoms with Gasteiger partial charge in [0.2, 0.25) is 0 Å². The normalized spacial score (nSPS) is 15.9. The van der Waals surface area contributed by atoms with Crippen LogP contribution in [0.1, 0.15) is 33.7 Å². The molecule has 0 aliphatic carbocycles. The van der Waals surface area contributed by atoms with Crippen LogP contribution < -0.4 is 4.74 Å². The summed E-state index contributed by atoms with van der Waals surface area (Å²) in [6, 6.07) is 26.1. The monoisotopic (exact) mass is 344 g/mol. The van der Waals surface area contributed by atoms with Crippen molar-refractivity contribution in [3.8, 4) is 5.75 Å². The van der Waals surface area contributed by atoms with Crippen molar-refractivity contribution in [2.24, 2.45) is 0 Å². The van der Waals surface area contributed by atoms with Gasteiger partial charge in [0, 0.05) is 5.92 Å². The van der Waals surface area contributed by atoms with E-state index in [4.69, 9.17) is 9.47 Å². The Morgan fingerprint density at radius 2 is 1.19 bits per heavy atom. The summed E-state index contributed by atoms with van der Waals surface area (Å²) in [4.78, 5) is 0. The highest BCUT2D eigenvalue weighted by Crippen LogP contribution is 2.33. The molecule has 0 N–H and O–H groups in total. The molecule has 4 rings (SSSR count). The average molecular weight is 344 g/mol. The Labute approximate surface area is 155 Å². The van der Waals surface area contributed by atoms with Crippen molar-refractivity contribution < 1.29 is 9.47 Å². The summed E-state index contributed by atoms with van der Waals surface area (Å²) in [6.07, 6.45) is 0.280. The first-order valence-electron chi connectivity index (χ1n) is 9.16. The molecule has 0 amide bonds. The third-order valence-corrected chi connectivity index (χ3v) is 4.87. The highest BCUT2D eigenvalue weighted by atomic mass is 16.6. The molecule has 1 unspecified atom stereocenters. The second-order valence-electron chi connectivity index (χ2n) is 7.09. The fraction of sp³-hybridized carbons (Fsp3) is 0.250. The smallest absolute Gasteiger partial charge is 0.119 e. The predicted octanol–water partition coefficient (Wildman–Crippen LogP) is 5.26. The molecule has 132 valence electrons. The number of benzene rings is 3. The highest BCUT2D eigenvalue weighted by molar-refractivity contribution is 5.45. The molecule has 1 saturated heterocycles. The summed E-state index contributed by atoms with van der Waals surface area (Å²) < 4.78 is 11.0. The van der Waals surface area contributed by atoms with E-state index < -0.39 is 0 Å².